The highest BCUT2D eigenvalue weighted by molar-refractivity contribution is 6.10. The van der Waals surface area contributed by atoms with Crippen LogP contribution in [0, 0.1) is 0 Å². The summed E-state index contributed by atoms with van der Waals surface area (Å²) in [7, 11) is 1.57. The van der Waals surface area contributed by atoms with Crippen molar-refractivity contribution in [1.82, 2.24) is 5.32 Å². The highest BCUT2D eigenvalue weighted by Crippen LogP contribution is 2.17. The van der Waals surface area contributed by atoms with Crippen LogP contribution in [0.2, 0.25) is 0 Å². The Labute approximate surface area is 168 Å². The van der Waals surface area contributed by atoms with Crippen LogP contribution in [0.1, 0.15) is 27.6 Å². The highest BCUT2D eigenvalue weighted by Gasteiger charge is 2.23. The van der Waals surface area contributed by atoms with Gasteiger partial charge in [0.1, 0.15) is 6.04 Å². The van der Waals surface area contributed by atoms with Crippen molar-refractivity contribution in [2.24, 2.45) is 0 Å². The van der Waals surface area contributed by atoms with Crippen LogP contribution in [0.4, 0.5) is 11.6 Å². The molecule has 1 unspecified atom stereocenters. The Hall–Kier alpha value is -3.87. The largest absolute Gasteiger partial charge is 0.448 e. The second kappa shape index (κ2) is 8.88. The molecule has 0 aliphatic carbocycles. The molecule has 3 amide bonds. The number of nitrogens with zero attached hydrogens (tertiary/aromatic N) is 1. The number of likely N-dealkylation sites (N-methyl/N-ethyl adjacent to an activating group) is 1. The van der Waals surface area contributed by atoms with Gasteiger partial charge in [-0.05, 0) is 37.3 Å². The van der Waals surface area contributed by atoms with Crippen molar-refractivity contribution in [3.05, 3.63) is 84.1 Å². The minimum atomic E-state index is -0.796. The summed E-state index contributed by atoms with van der Waals surface area (Å²) in [5, 5.41) is 5.41. The summed E-state index contributed by atoms with van der Waals surface area (Å²) in [5.74, 6) is -0.749. The van der Waals surface area contributed by atoms with Crippen molar-refractivity contribution < 1.29 is 18.8 Å². The van der Waals surface area contributed by atoms with Gasteiger partial charge in [0.15, 0.2) is 0 Å². The molecule has 3 aromatic rings. The summed E-state index contributed by atoms with van der Waals surface area (Å²) in [4.78, 5) is 39.0. The van der Waals surface area contributed by atoms with Crippen LogP contribution in [-0.2, 0) is 4.79 Å². The lowest BCUT2D eigenvalue weighted by Gasteiger charge is -2.20. The Morgan fingerprint density at radius 2 is 1.59 bits per heavy atom. The van der Waals surface area contributed by atoms with Crippen molar-refractivity contribution in [2.45, 2.75) is 13.0 Å². The third kappa shape index (κ3) is 4.70. The zero-order valence-corrected chi connectivity index (χ0v) is 16.1. The van der Waals surface area contributed by atoms with Crippen molar-refractivity contribution in [3.8, 4) is 0 Å². The Bertz CT molecular complexity index is 1000. The van der Waals surface area contributed by atoms with E-state index in [-0.39, 0.29) is 17.4 Å². The average Bonchev–Trinajstić information content (AvgIpc) is 3.28. The molecular formula is C22H21N3O4. The van der Waals surface area contributed by atoms with Crippen molar-refractivity contribution >= 4 is 29.3 Å². The van der Waals surface area contributed by atoms with Gasteiger partial charge in [-0.25, -0.2) is 0 Å². The molecule has 0 aliphatic heterocycles. The molecule has 29 heavy (non-hydrogen) atoms. The van der Waals surface area contributed by atoms with E-state index in [1.165, 1.54) is 11.2 Å². The third-order valence-corrected chi connectivity index (χ3v) is 4.34. The number of para-hydroxylation sites is 1. The van der Waals surface area contributed by atoms with Crippen LogP contribution in [0.15, 0.2) is 77.4 Å². The molecule has 148 valence electrons. The average molecular weight is 391 g/mol. The number of anilines is 2. The van der Waals surface area contributed by atoms with E-state index in [9.17, 15) is 14.4 Å². The number of benzene rings is 2. The molecule has 7 heteroatoms. The molecule has 1 atom stereocenters. The number of nitrogens with one attached hydrogen (secondary N) is 2. The van der Waals surface area contributed by atoms with Gasteiger partial charge in [-0.15, -0.1) is 0 Å². The summed E-state index contributed by atoms with van der Waals surface area (Å²) >= 11 is 0. The van der Waals surface area contributed by atoms with Crippen LogP contribution in [0.3, 0.4) is 0 Å². The summed E-state index contributed by atoms with van der Waals surface area (Å²) in [6.45, 7) is 1.59. The molecule has 0 aliphatic rings. The van der Waals surface area contributed by atoms with Crippen molar-refractivity contribution in [1.29, 1.82) is 0 Å². The molecule has 0 radical (unpaired) electrons. The molecule has 7 nitrogen and oxygen atoms in total. The number of carbonyl (C=O) groups is 3. The van der Waals surface area contributed by atoms with Gasteiger partial charge < -0.3 is 15.1 Å². The summed E-state index contributed by atoms with van der Waals surface area (Å²) in [6, 6.07) is 17.9. The zero-order chi connectivity index (χ0) is 20.8. The van der Waals surface area contributed by atoms with E-state index in [0.717, 1.165) is 0 Å². The molecule has 0 fully saturated rings. The van der Waals surface area contributed by atoms with Crippen LogP contribution in [-0.4, -0.2) is 30.8 Å². The number of hydrogen-bond acceptors (Lipinski definition) is 4. The summed E-state index contributed by atoms with van der Waals surface area (Å²) in [6.07, 6.45) is 1.47. The lowest BCUT2D eigenvalue weighted by atomic mass is 10.1. The predicted octanol–water partition coefficient (Wildman–Crippen LogP) is 3.31. The monoisotopic (exact) mass is 391 g/mol. The first kappa shape index (κ1) is 19.9. The first-order chi connectivity index (χ1) is 14.0. The van der Waals surface area contributed by atoms with E-state index in [1.807, 2.05) is 6.07 Å². The first-order valence-corrected chi connectivity index (χ1v) is 9.04. The molecule has 1 heterocycles. The van der Waals surface area contributed by atoms with Gasteiger partial charge in [-0.1, -0.05) is 30.3 Å². The number of rotatable bonds is 6. The molecule has 0 spiro atoms. The normalized spacial score (nSPS) is 11.4. The lowest BCUT2D eigenvalue weighted by Crippen LogP contribution is -2.45. The van der Waals surface area contributed by atoms with Crippen LogP contribution < -0.4 is 15.5 Å². The van der Waals surface area contributed by atoms with E-state index < -0.39 is 11.9 Å². The zero-order valence-electron chi connectivity index (χ0n) is 16.1. The van der Waals surface area contributed by atoms with Crippen LogP contribution in [0.5, 0.6) is 0 Å². The lowest BCUT2D eigenvalue weighted by molar-refractivity contribution is -0.119. The number of amides is 3. The van der Waals surface area contributed by atoms with Crippen LogP contribution >= 0.6 is 0 Å². The Morgan fingerprint density at radius 1 is 0.897 bits per heavy atom. The molecule has 2 N–H and O–H groups in total. The van der Waals surface area contributed by atoms with Gasteiger partial charge in [0.2, 0.25) is 5.88 Å². The maximum absolute atomic E-state index is 12.8. The van der Waals surface area contributed by atoms with Crippen LogP contribution in [0.25, 0.3) is 0 Å². The molecule has 0 saturated heterocycles. The number of furan rings is 1. The molecule has 3 rings (SSSR count). The first-order valence-electron chi connectivity index (χ1n) is 9.04. The van der Waals surface area contributed by atoms with Gasteiger partial charge in [-0.2, -0.15) is 0 Å². The Kier molecular flexibility index (Phi) is 6.09. The summed E-state index contributed by atoms with van der Waals surface area (Å²) < 4.78 is 5.21. The third-order valence-electron chi connectivity index (χ3n) is 4.34. The molecule has 1 aromatic heterocycles. The van der Waals surface area contributed by atoms with Gasteiger partial charge >= 0.3 is 0 Å². The maximum atomic E-state index is 12.8. The smallest absolute Gasteiger partial charge is 0.255 e. The van der Waals surface area contributed by atoms with E-state index in [2.05, 4.69) is 10.6 Å². The fourth-order valence-corrected chi connectivity index (χ4v) is 2.77. The second-order valence-electron chi connectivity index (χ2n) is 6.41. The van der Waals surface area contributed by atoms with E-state index >= 15 is 0 Å². The topological polar surface area (TPSA) is 91.7 Å². The molecule has 0 saturated carbocycles. The van der Waals surface area contributed by atoms with E-state index in [1.54, 1.807) is 74.6 Å². The molecular weight excluding hydrogens is 370 g/mol. The number of carbonyl (C=O) groups excluding carboxylic acids is 3. The fraction of sp³-hybridized carbons (Fsp3) is 0.136. The van der Waals surface area contributed by atoms with E-state index in [4.69, 9.17) is 4.42 Å². The van der Waals surface area contributed by atoms with Crippen molar-refractivity contribution in [2.75, 3.05) is 17.3 Å². The Balaban J connectivity index is 1.71. The summed E-state index contributed by atoms with van der Waals surface area (Å²) in [5.41, 5.74) is 1.10. The fourth-order valence-electron chi connectivity index (χ4n) is 2.77. The van der Waals surface area contributed by atoms with Gasteiger partial charge in [0.25, 0.3) is 17.7 Å². The SMILES string of the molecule is CC(NC(=O)c1ccccc1NC(=O)c1ccccc1)C(=O)N(C)c1ccco1. The van der Waals surface area contributed by atoms with Gasteiger partial charge in [-0.3, -0.25) is 19.3 Å². The molecule has 0 bridgehead atoms. The van der Waals surface area contributed by atoms with Crippen molar-refractivity contribution in [3.63, 3.8) is 0 Å². The predicted molar refractivity (Wildman–Crippen MR) is 110 cm³/mol. The minimum Gasteiger partial charge on any atom is -0.448 e. The van der Waals surface area contributed by atoms with Gasteiger partial charge in [0.05, 0.1) is 17.5 Å². The Morgan fingerprint density at radius 3 is 2.28 bits per heavy atom. The highest BCUT2D eigenvalue weighted by atomic mass is 16.3. The quantitative estimate of drug-likeness (QED) is 0.674. The number of hydrogen-bond donors (Lipinski definition) is 2. The van der Waals surface area contributed by atoms with Gasteiger partial charge in [0, 0.05) is 18.7 Å². The minimum absolute atomic E-state index is 0.261. The second-order valence-corrected chi connectivity index (χ2v) is 6.41. The maximum Gasteiger partial charge on any atom is 0.255 e. The standard InChI is InChI=1S/C22H21N3O4/c1-15(22(28)25(2)19-13-8-14-29-19)23-21(27)17-11-6-7-12-18(17)24-20(26)16-9-4-3-5-10-16/h3-15H,1-2H3,(H,23,27)(H,24,26). The molecule has 2 aromatic carbocycles. The van der Waals surface area contributed by atoms with E-state index in [0.29, 0.717) is 17.1 Å².